The molecule has 0 saturated carbocycles. The van der Waals surface area contributed by atoms with Crippen molar-refractivity contribution >= 4 is 19.9 Å². The van der Waals surface area contributed by atoms with E-state index in [2.05, 4.69) is 4.52 Å². The van der Waals surface area contributed by atoms with Crippen molar-refractivity contribution in [2.45, 2.75) is 13.0 Å². The zero-order valence-corrected chi connectivity index (χ0v) is 9.33. The molecule has 1 rings (SSSR count). The second kappa shape index (κ2) is 6.20. The minimum absolute atomic E-state index is 0.176. The number of alkyl halides is 1. The van der Waals surface area contributed by atoms with Crippen LogP contribution in [0.3, 0.4) is 0 Å². The van der Waals surface area contributed by atoms with Crippen molar-refractivity contribution in [2.24, 2.45) is 0 Å². The third-order valence-electron chi connectivity index (χ3n) is 1.77. The highest BCUT2D eigenvalue weighted by Crippen LogP contribution is 2.18. The van der Waals surface area contributed by atoms with Gasteiger partial charge in [-0.1, -0.05) is 24.3 Å². The maximum atomic E-state index is 10.3. The first-order chi connectivity index (χ1) is 6.72. The summed E-state index contributed by atoms with van der Waals surface area (Å²) in [6.45, 7) is 0.176. The second-order valence-electron chi connectivity index (χ2n) is 2.81. The first kappa shape index (κ1) is 11.7. The van der Waals surface area contributed by atoms with E-state index in [4.69, 9.17) is 16.5 Å². The topological polar surface area (TPSA) is 46.5 Å². The normalized spacial score (nSPS) is 12.7. The van der Waals surface area contributed by atoms with Gasteiger partial charge in [0.05, 0.1) is 6.61 Å². The Labute approximate surface area is 88.6 Å². The van der Waals surface area contributed by atoms with Crippen LogP contribution in [0.25, 0.3) is 0 Å². The lowest BCUT2D eigenvalue weighted by Gasteiger charge is -2.02. The molecule has 1 atom stereocenters. The number of benzene rings is 1. The molecule has 5 heteroatoms. The van der Waals surface area contributed by atoms with Crippen LogP contribution in [0.2, 0.25) is 0 Å². The summed E-state index contributed by atoms with van der Waals surface area (Å²) in [6.07, 6.45) is 0.833. The number of hydrogen-bond acceptors (Lipinski definition) is 2. The van der Waals surface area contributed by atoms with Gasteiger partial charge in [0, 0.05) is 5.88 Å². The van der Waals surface area contributed by atoms with Gasteiger partial charge in [-0.2, -0.15) is 0 Å². The number of rotatable bonds is 5. The van der Waals surface area contributed by atoms with Gasteiger partial charge < -0.3 is 9.42 Å². The smallest absolute Gasteiger partial charge is 0.316 e. The van der Waals surface area contributed by atoms with E-state index < -0.39 is 8.25 Å². The van der Waals surface area contributed by atoms with Gasteiger partial charge in [-0.3, -0.25) is 4.57 Å². The molecule has 14 heavy (non-hydrogen) atoms. The molecule has 0 saturated heterocycles. The summed E-state index contributed by atoms with van der Waals surface area (Å²) in [5.74, 6) is 0.597. The van der Waals surface area contributed by atoms with Crippen molar-refractivity contribution < 1.29 is 14.0 Å². The Kier molecular flexibility index (Phi) is 5.20. The third-order valence-corrected chi connectivity index (χ3v) is 2.35. The lowest BCUT2D eigenvalue weighted by molar-refractivity contribution is 0.272. The monoisotopic (exact) mass is 234 g/mol. The first-order valence-electron chi connectivity index (χ1n) is 4.22. The molecule has 0 bridgehead atoms. The van der Waals surface area contributed by atoms with Crippen LogP contribution in [-0.4, -0.2) is 10.8 Å². The van der Waals surface area contributed by atoms with E-state index in [1.165, 1.54) is 0 Å². The van der Waals surface area contributed by atoms with Crippen molar-refractivity contribution in [1.29, 1.82) is 0 Å². The number of halogens is 1. The molecule has 0 aromatic heterocycles. The van der Waals surface area contributed by atoms with E-state index >= 15 is 0 Å². The van der Waals surface area contributed by atoms with Crippen LogP contribution >= 0.6 is 19.9 Å². The molecular weight excluding hydrogens is 223 g/mol. The first-order valence-corrected chi connectivity index (χ1v) is 6.01. The fourth-order valence-electron chi connectivity index (χ4n) is 1.06. The van der Waals surface area contributed by atoms with E-state index in [0.29, 0.717) is 5.88 Å². The van der Waals surface area contributed by atoms with Gasteiger partial charge in [0.2, 0.25) is 0 Å². The molecule has 0 fully saturated rings. The summed E-state index contributed by atoms with van der Waals surface area (Å²) < 4.78 is 14.9. The Morgan fingerprint density at radius 3 is 2.36 bits per heavy atom. The predicted molar refractivity (Wildman–Crippen MR) is 56.9 cm³/mol. The lowest BCUT2D eigenvalue weighted by Crippen LogP contribution is -1.89. The largest absolute Gasteiger partial charge is 0.326 e. The van der Waals surface area contributed by atoms with Gasteiger partial charge >= 0.3 is 8.25 Å². The molecule has 3 nitrogen and oxygen atoms in total. The SMILES string of the molecule is O=[PH](O)OCc1ccc(CCCl)cc1. The number of aryl methyl sites for hydroxylation is 1. The Hall–Kier alpha value is -0.340. The molecule has 0 heterocycles. The molecule has 0 radical (unpaired) electrons. The summed E-state index contributed by atoms with van der Waals surface area (Å²) >= 11 is 5.58. The molecule has 1 aromatic carbocycles. The zero-order chi connectivity index (χ0) is 10.4. The van der Waals surface area contributed by atoms with E-state index in [0.717, 1.165) is 17.5 Å². The molecule has 0 aliphatic carbocycles. The fourth-order valence-corrected chi connectivity index (χ4v) is 1.56. The van der Waals surface area contributed by atoms with E-state index in [1.807, 2.05) is 24.3 Å². The van der Waals surface area contributed by atoms with E-state index in [-0.39, 0.29) is 6.61 Å². The van der Waals surface area contributed by atoms with Gasteiger partial charge in [0.25, 0.3) is 0 Å². The van der Waals surface area contributed by atoms with Crippen molar-refractivity contribution in [3.05, 3.63) is 35.4 Å². The standard InChI is InChI=1S/C9H12ClO3P/c10-6-5-8-1-3-9(4-2-8)7-13-14(11)12/h1-4,14H,5-7H2,(H,11,12). The maximum Gasteiger partial charge on any atom is 0.316 e. The van der Waals surface area contributed by atoms with Gasteiger partial charge in [-0.05, 0) is 17.5 Å². The zero-order valence-electron chi connectivity index (χ0n) is 7.57. The maximum absolute atomic E-state index is 10.3. The summed E-state index contributed by atoms with van der Waals surface area (Å²) in [4.78, 5) is 8.46. The summed E-state index contributed by atoms with van der Waals surface area (Å²) in [7, 11) is -2.82. The second-order valence-corrected chi connectivity index (χ2v) is 4.01. The highest BCUT2D eigenvalue weighted by Gasteiger charge is 1.96. The van der Waals surface area contributed by atoms with Gasteiger partial charge in [-0.15, -0.1) is 11.6 Å². The molecule has 1 N–H and O–H groups in total. The van der Waals surface area contributed by atoms with E-state index in [1.54, 1.807) is 0 Å². The van der Waals surface area contributed by atoms with Crippen LogP contribution in [0.5, 0.6) is 0 Å². The Morgan fingerprint density at radius 2 is 1.86 bits per heavy atom. The summed E-state index contributed by atoms with van der Waals surface area (Å²) in [6, 6.07) is 7.62. The fraction of sp³-hybridized carbons (Fsp3) is 0.333. The van der Waals surface area contributed by atoms with Gasteiger partial charge in [0.1, 0.15) is 0 Å². The van der Waals surface area contributed by atoms with Crippen molar-refractivity contribution in [3.63, 3.8) is 0 Å². The molecule has 0 spiro atoms. The van der Waals surface area contributed by atoms with E-state index in [9.17, 15) is 4.57 Å². The summed E-state index contributed by atoms with van der Waals surface area (Å²) in [5, 5.41) is 0. The molecule has 78 valence electrons. The van der Waals surface area contributed by atoms with Gasteiger partial charge in [0.15, 0.2) is 0 Å². The molecular formula is C9H12ClO3P. The van der Waals surface area contributed by atoms with Crippen LogP contribution in [0, 0.1) is 0 Å². The quantitative estimate of drug-likeness (QED) is 0.628. The predicted octanol–water partition coefficient (Wildman–Crippen LogP) is 2.37. The highest BCUT2D eigenvalue weighted by molar-refractivity contribution is 7.32. The van der Waals surface area contributed by atoms with Crippen molar-refractivity contribution in [3.8, 4) is 0 Å². The molecule has 0 aliphatic heterocycles. The third kappa shape index (κ3) is 4.25. The van der Waals surface area contributed by atoms with Crippen molar-refractivity contribution in [2.75, 3.05) is 5.88 Å². The lowest BCUT2D eigenvalue weighted by atomic mass is 10.1. The van der Waals surface area contributed by atoms with Crippen molar-refractivity contribution in [1.82, 2.24) is 0 Å². The number of hydrogen-bond donors (Lipinski definition) is 1. The molecule has 0 aliphatic rings. The average molecular weight is 235 g/mol. The van der Waals surface area contributed by atoms with Crippen LogP contribution in [-0.2, 0) is 22.1 Å². The molecule has 1 unspecified atom stereocenters. The minimum Gasteiger partial charge on any atom is -0.326 e. The molecule has 0 amide bonds. The van der Waals surface area contributed by atoms with Crippen LogP contribution in [0.4, 0.5) is 0 Å². The van der Waals surface area contributed by atoms with Gasteiger partial charge in [-0.25, -0.2) is 0 Å². The summed E-state index contributed by atoms with van der Waals surface area (Å²) in [5.41, 5.74) is 2.04. The molecule has 1 aromatic rings. The van der Waals surface area contributed by atoms with Crippen LogP contribution in [0.1, 0.15) is 11.1 Å². The minimum atomic E-state index is -2.82. The Balaban J connectivity index is 2.50. The average Bonchev–Trinajstić information content (AvgIpc) is 2.17. The van der Waals surface area contributed by atoms with Crippen LogP contribution < -0.4 is 0 Å². The Morgan fingerprint density at radius 1 is 1.29 bits per heavy atom. The van der Waals surface area contributed by atoms with Crippen LogP contribution in [0.15, 0.2) is 24.3 Å². The Bertz CT molecular complexity index is 299. The highest BCUT2D eigenvalue weighted by atomic mass is 35.5.